The van der Waals surface area contributed by atoms with Crippen LogP contribution in [0.3, 0.4) is 0 Å². The van der Waals surface area contributed by atoms with E-state index in [2.05, 4.69) is 4.72 Å². The summed E-state index contributed by atoms with van der Waals surface area (Å²) in [4.78, 5) is 15.0. The molecule has 0 saturated carbocycles. The molecule has 1 N–H and O–H groups in total. The Labute approximate surface area is 128 Å². The maximum atomic E-state index is 12.4. The van der Waals surface area contributed by atoms with E-state index in [1.54, 1.807) is 0 Å². The normalized spacial score (nSPS) is 28.8. The van der Waals surface area contributed by atoms with Crippen LogP contribution in [0.25, 0.3) is 0 Å². The van der Waals surface area contributed by atoms with E-state index in [1.807, 2.05) is 22.4 Å². The van der Waals surface area contributed by atoms with Crippen LogP contribution < -0.4 is 4.72 Å². The van der Waals surface area contributed by atoms with Gasteiger partial charge in [-0.3, -0.25) is 4.79 Å². The van der Waals surface area contributed by atoms with Crippen molar-refractivity contribution in [1.82, 2.24) is 9.62 Å². The van der Waals surface area contributed by atoms with Gasteiger partial charge in [0.15, 0.2) is 0 Å². The quantitative estimate of drug-likeness (QED) is 0.866. The molecule has 8 heteroatoms. The van der Waals surface area contributed by atoms with Gasteiger partial charge in [-0.15, -0.1) is 11.3 Å². The van der Waals surface area contributed by atoms with Crippen LogP contribution in [0.4, 0.5) is 0 Å². The van der Waals surface area contributed by atoms with Crippen LogP contribution in [0.5, 0.6) is 0 Å². The lowest BCUT2D eigenvalue weighted by molar-refractivity contribution is 0.0726. The van der Waals surface area contributed by atoms with Gasteiger partial charge in [0, 0.05) is 31.0 Å². The first-order valence-corrected chi connectivity index (χ1v) is 9.52. The Hall–Kier alpha value is -0.960. The van der Waals surface area contributed by atoms with E-state index in [9.17, 15) is 13.2 Å². The summed E-state index contributed by atoms with van der Waals surface area (Å²) in [6.45, 7) is 2.57. The second-order valence-corrected chi connectivity index (χ2v) is 8.61. The molecule has 116 valence electrons. The monoisotopic (exact) mass is 330 g/mol. The van der Waals surface area contributed by atoms with Gasteiger partial charge >= 0.3 is 0 Å². The Morgan fingerprint density at radius 2 is 2.43 bits per heavy atom. The molecule has 0 aliphatic carbocycles. The third kappa shape index (κ3) is 2.98. The van der Waals surface area contributed by atoms with E-state index in [4.69, 9.17) is 4.74 Å². The molecule has 2 atom stereocenters. The molecule has 0 bridgehead atoms. The molecule has 0 spiro atoms. The number of nitrogens with zero attached hydrogens (tertiary/aromatic N) is 1. The summed E-state index contributed by atoms with van der Waals surface area (Å²) < 4.78 is 30.8. The Morgan fingerprint density at radius 1 is 1.62 bits per heavy atom. The minimum atomic E-state index is -3.24. The lowest BCUT2D eigenvalue weighted by Crippen LogP contribution is -2.43. The topological polar surface area (TPSA) is 75.7 Å². The zero-order chi connectivity index (χ0) is 15.1. The number of fused-ring (bicyclic) bond motifs is 1. The molecule has 0 radical (unpaired) electrons. The molecule has 0 unspecified atom stereocenters. The van der Waals surface area contributed by atoms with Gasteiger partial charge in [-0.25, -0.2) is 13.1 Å². The number of likely N-dealkylation sites (tertiary alicyclic amines) is 1. The molecule has 0 aromatic carbocycles. The van der Waals surface area contributed by atoms with Gasteiger partial charge in [-0.1, -0.05) is 6.07 Å². The highest BCUT2D eigenvalue weighted by atomic mass is 32.2. The fraction of sp³-hybridized carbons (Fsp3) is 0.615. The summed E-state index contributed by atoms with van der Waals surface area (Å²) in [5.74, 6) is 0.216. The molecule has 6 nitrogen and oxygen atoms in total. The molecule has 1 aromatic rings. The zero-order valence-electron chi connectivity index (χ0n) is 11.7. The lowest BCUT2D eigenvalue weighted by atomic mass is 9.81. The summed E-state index contributed by atoms with van der Waals surface area (Å²) >= 11 is 1.43. The van der Waals surface area contributed by atoms with Gasteiger partial charge in [0.05, 0.1) is 24.3 Å². The van der Waals surface area contributed by atoms with Crippen molar-refractivity contribution in [2.45, 2.75) is 0 Å². The fourth-order valence-electron chi connectivity index (χ4n) is 3.07. The van der Waals surface area contributed by atoms with Crippen LogP contribution in [-0.2, 0) is 14.8 Å². The van der Waals surface area contributed by atoms with Gasteiger partial charge < -0.3 is 9.64 Å². The second kappa shape index (κ2) is 5.35. The van der Waals surface area contributed by atoms with E-state index in [0.717, 1.165) is 11.1 Å². The van der Waals surface area contributed by atoms with Crippen molar-refractivity contribution in [2.75, 3.05) is 39.1 Å². The van der Waals surface area contributed by atoms with Crippen LogP contribution in [-0.4, -0.2) is 58.3 Å². The molecule has 2 aliphatic heterocycles. The number of amides is 1. The Balaban J connectivity index is 1.74. The first kappa shape index (κ1) is 15.0. The predicted octanol–water partition coefficient (Wildman–Crippen LogP) is 0.386. The Kier molecular flexibility index (Phi) is 3.81. The van der Waals surface area contributed by atoms with E-state index in [1.165, 1.54) is 11.3 Å². The third-order valence-corrected chi connectivity index (χ3v) is 5.75. The maximum Gasteiger partial charge on any atom is 0.263 e. The average Bonchev–Trinajstić information content (AvgIpc) is 3.10. The minimum Gasteiger partial charge on any atom is -0.380 e. The predicted molar refractivity (Wildman–Crippen MR) is 79.8 cm³/mol. The van der Waals surface area contributed by atoms with E-state index in [0.29, 0.717) is 32.8 Å². The summed E-state index contributed by atoms with van der Waals surface area (Å²) in [6, 6.07) is 3.68. The van der Waals surface area contributed by atoms with E-state index in [-0.39, 0.29) is 17.2 Å². The van der Waals surface area contributed by atoms with E-state index < -0.39 is 10.0 Å². The smallest absolute Gasteiger partial charge is 0.263 e. The SMILES string of the molecule is CS(=O)(=O)NC[C@]12COC[C@H]1CN(C(=O)c1cccs1)C2. The number of hydrogen-bond acceptors (Lipinski definition) is 5. The van der Waals surface area contributed by atoms with Crippen molar-refractivity contribution in [3.63, 3.8) is 0 Å². The molecule has 2 saturated heterocycles. The highest BCUT2D eigenvalue weighted by molar-refractivity contribution is 7.88. The largest absolute Gasteiger partial charge is 0.380 e. The van der Waals surface area contributed by atoms with Crippen molar-refractivity contribution in [3.05, 3.63) is 22.4 Å². The van der Waals surface area contributed by atoms with E-state index >= 15 is 0 Å². The van der Waals surface area contributed by atoms with Crippen LogP contribution >= 0.6 is 11.3 Å². The number of rotatable bonds is 4. The zero-order valence-corrected chi connectivity index (χ0v) is 13.4. The van der Waals surface area contributed by atoms with Crippen molar-refractivity contribution in [1.29, 1.82) is 0 Å². The summed E-state index contributed by atoms with van der Waals surface area (Å²) in [5.41, 5.74) is -0.296. The fourth-order valence-corrected chi connectivity index (χ4v) is 4.31. The first-order valence-electron chi connectivity index (χ1n) is 6.75. The number of thiophene rings is 1. The van der Waals surface area contributed by atoms with Crippen LogP contribution in [0, 0.1) is 11.3 Å². The van der Waals surface area contributed by atoms with Gasteiger partial charge in [0.2, 0.25) is 10.0 Å². The van der Waals surface area contributed by atoms with Crippen molar-refractivity contribution < 1.29 is 17.9 Å². The molecular formula is C13H18N2O4S2. The summed E-state index contributed by atoms with van der Waals surface area (Å²) in [5, 5.41) is 1.88. The maximum absolute atomic E-state index is 12.4. The molecule has 1 aromatic heterocycles. The number of carbonyl (C=O) groups excluding carboxylic acids is 1. The Bertz CT molecular complexity index is 629. The van der Waals surface area contributed by atoms with Gasteiger partial charge in [0.1, 0.15) is 0 Å². The summed E-state index contributed by atoms with van der Waals surface area (Å²) in [7, 11) is -3.24. The van der Waals surface area contributed by atoms with Gasteiger partial charge in [-0.05, 0) is 11.4 Å². The summed E-state index contributed by atoms with van der Waals surface area (Å²) in [6.07, 6.45) is 1.15. The van der Waals surface area contributed by atoms with Crippen molar-refractivity contribution >= 4 is 27.3 Å². The average molecular weight is 330 g/mol. The van der Waals surface area contributed by atoms with Crippen LogP contribution in [0.2, 0.25) is 0 Å². The number of nitrogens with one attached hydrogen (secondary N) is 1. The number of carbonyl (C=O) groups is 1. The number of ether oxygens (including phenoxy) is 1. The first-order chi connectivity index (χ1) is 9.90. The molecule has 1 amide bonds. The Morgan fingerprint density at radius 3 is 3.10 bits per heavy atom. The standard InChI is InChI=1S/C13H18N2O4S2/c1-21(17,18)14-7-13-8-15(5-10(13)6-19-9-13)12(16)11-3-2-4-20-11/h2-4,10,14H,5-9H2,1H3/t10-,13+/m1/s1. The molecule has 21 heavy (non-hydrogen) atoms. The second-order valence-electron chi connectivity index (χ2n) is 5.83. The minimum absolute atomic E-state index is 0.0260. The molecule has 3 rings (SSSR count). The highest BCUT2D eigenvalue weighted by Gasteiger charge is 2.52. The lowest BCUT2D eigenvalue weighted by Gasteiger charge is -2.26. The molecule has 3 heterocycles. The number of sulfonamides is 1. The van der Waals surface area contributed by atoms with Crippen LogP contribution in [0.1, 0.15) is 9.67 Å². The van der Waals surface area contributed by atoms with Crippen LogP contribution in [0.15, 0.2) is 17.5 Å². The molecule has 2 fully saturated rings. The number of hydrogen-bond donors (Lipinski definition) is 1. The van der Waals surface area contributed by atoms with Crippen molar-refractivity contribution in [3.8, 4) is 0 Å². The third-order valence-electron chi connectivity index (χ3n) is 4.23. The van der Waals surface area contributed by atoms with Crippen molar-refractivity contribution in [2.24, 2.45) is 11.3 Å². The molecule has 2 aliphatic rings. The van der Waals surface area contributed by atoms with Gasteiger partial charge in [0.25, 0.3) is 5.91 Å². The van der Waals surface area contributed by atoms with Gasteiger partial charge in [-0.2, -0.15) is 0 Å². The highest BCUT2D eigenvalue weighted by Crippen LogP contribution is 2.41. The molecular weight excluding hydrogens is 312 g/mol.